The Morgan fingerprint density at radius 2 is 1.94 bits per heavy atom. The molecule has 0 bridgehead atoms. The summed E-state index contributed by atoms with van der Waals surface area (Å²) in [6.07, 6.45) is 3.00. The summed E-state index contributed by atoms with van der Waals surface area (Å²) in [7, 11) is 0. The summed E-state index contributed by atoms with van der Waals surface area (Å²) in [4.78, 5) is 14.1. The number of benzene rings is 1. The van der Waals surface area contributed by atoms with Gasteiger partial charge in [-0.2, -0.15) is 0 Å². The number of nitrogens with zero attached hydrogens (tertiary/aromatic N) is 1. The van der Waals surface area contributed by atoms with Gasteiger partial charge < -0.3 is 10.2 Å². The first-order valence-electron chi connectivity index (χ1n) is 6.12. The van der Waals surface area contributed by atoms with E-state index in [1.807, 2.05) is 0 Å². The SMILES string of the molecule is O=C(CCN1CCCC1)Nc1ccc(Cl)c(Cl)c1. The van der Waals surface area contributed by atoms with Crippen LogP contribution in [0.5, 0.6) is 0 Å². The maximum absolute atomic E-state index is 11.8. The zero-order valence-corrected chi connectivity index (χ0v) is 11.6. The zero-order chi connectivity index (χ0) is 13.0. The molecule has 0 radical (unpaired) electrons. The Hall–Kier alpha value is -0.770. The lowest BCUT2D eigenvalue weighted by Crippen LogP contribution is -2.25. The number of carbonyl (C=O) groups excluding carboxylic acids is 1. The number of amides is 1. The monoisotopic (exact) mass is 286 g/mol. The summed E-state index contributed by atoms with van der Waals surface area (Å²) in [5, 5.41) is 3.77. The second-order valence-electron chi connectivity index (χ2n) is 4.48. The van der Waals surface area contributed by atoms with Crippen LogP contribution in [0.15, 0.2) is 18.2 Å². The molecular formula is C13H16Cl2N2O. The average Bonchev–Trinajstić information content (AvgIpc) is 2.84. The van der Waals surface area contributed by atoms with E-state index in [1.54, 1.807) is 18.2 Å². The molecule has 1 aromatic carbocycles. The molecule has 0 saturated carbocycles. The number of likely N-dealkylation sites (tertiary alicyclic amines) is 1. The Morgan fingerprint density at radius 3 is 2.61 bits per heavy atom. The third kappa shape index (κ3) is 3.87. The number of anilines is 1. The van der Waals surface area contributed by atoms with Crippen molar-refractivity contribution in [1.82, 2.24) is 4.90 Å². The largest absolute Gasteiger partial charge is 0.326 e. The van der Waals surface area contributed by atoms with Crippen molar-refractivity contribution in [2.75, 3.05) is 25.0 Å². The molecule has 1 amide bonds. The molecule has 1 heterocycles. The highest BCUT2D eigenvalue weighted by Gasteiger charge is 2.13. The van der Waals surface area contributed by atoms with Gasteiger partial charge in [-0.3, -0.25) is 4.79 Å². The highest BCUT2D eigenvalue weighted by molar-refractivity contribution is 6.42. The van der Waals surface area contributed by atoms with Crippen LogP contribution in [-0.2, 0) is 4.79 Å². The van der Waals surface area contributed by atoms with Gasteiger partial charge in [-0.05, 0) is 44.1 Å². The van der Waals surface area contributed by atoms with Crippen LogP contribution in [0.25, 0.3) is 0 Å². The first-order chi connectivity index (χ1) is 8.65. The highest BCUT2D eigenvalue weighted by atomic mass is 35.5. The Kier molecular flexibility index (Phi) is 4.87. The number of hydrogen-bond acceptors (Lipinski definition) is 2. The van der Waals surface area contributed by atoms with Crippen LogP contribution in [0.4, 0.5) is 5.69 Å². The van der Waals surface area contributed by atoms with Crippen LogP contribution in [0.2, 0.25) is 10.0 Å². The topological polar surface area (TPSA) is 32.3 Å². The molecule has 0 atom stereocenters. The van der Waals surface area contributed by atoms with Crippen molar-refractivity contribution in [2.24, 2.45) is 0 Å². The molecule has 1 N–H and O–H groups in total. The van der Waals surface area contributed by atoms with E-state index >= 15 is 0 Å². The molecule has 1 aliphatic heterocycles. The molecule has 98 valence electrons. The van der Waals surface area contributed by atoms with E-state index in [-0.39, 0.29) is 5.91 Å². The van der Waals surface area contributed by atoms with Gasteiger partial charge in [0.15, 0.2) is 0 Å². The minimum Gasteiger partial charge on any atom is -0.326 e. The van der Waals surface area contributed by atoms with Crippen molar-refractivity contribution < 1.29 is 4.79 Å². The van der Waals surface area contributed by atoms with E-state index in [4.69, 9.17) is 23.2 Å². The van der Waals surface area contributed by atoms with Gasteiger partial charge in [-0.1, -0.05) is 23.2 Å². The zero-order valence-electron chi connectivity index (χ0n) is 10.1. The van der Waals surface area contributed by atoms with Crippen molar-refractivity contribution in [3.05, 3.63) is 28.2 Å². The molecule has 1 saturated heterocycles. The quantitative estimate of drug-likeness (QED) is 0.920. The fraction of sp³-hybridized carbons (Fsp3) is 0.462. The summed E-state index contributed by atoms with van der Waals surface area (Å²) in [5.41, 5.74) is 0.691. The summed E-state index contributed by atoms with van der Waals surface area (Å²) in [5.74, 6) is 0.0142. The van der Waals surface area contributed by atoms with E-state index in [0.29, 0.717) is 22.2 Å². The molecule has 0 aliphatic carbocycles. The number of hydrogen-bond donors (Lipinski definition) is 1. The van der Waals surface area contributed by atoms with Crippen LogP contribution in [0.3, 0.4) is 0 Å². The fourth-order valence-corrected chi connectivity index (χ4v) is 2.36. The van der Waals surface area contributed by atoms with E-state index in [2.05, 4.69) is 10.2 Å². The van der Waals surface area contributed by atoms with Crippen molar-refractivity contribution in [2.45, 2.75) is 19.3 Å². The van der Waals surface area contributed by atoms with Crippen molar-refractivity contribution in [1.29, 1.82) is 0 Å². The predicted molar refractivity (Wildman–Crippen MR) is 75.4 cm³/mol. The number of rotatable bonds is 4. The fourth-order valence-electron chi connectivity index (χ4n) is 2.06. The van der Waals surface area contributed by atoms with Gasteiger partial charge in [0.05, 0.1) is 10.0 Å². The lowest BCUT2D eigenvalue weighted by Gasteiger charge is -2.14. The summed E-state index contributed by atoms with van der Waals surface area (Å²) in [6.45, 7) is 3.05. The average molecular weight is 287 g/mol. The first-order valence-corrected chi connectivity index (χ1v) is 6.88. The molecule has 5 heteroatoms. The minimum absolute atomic E-state index is 0.0142. The van der Waals surface area contributed by atoms with Crippen LogP contribution >= 0.6 is 23.2 Å². The van der Waals surface area contributed by atoms with Gasteiger partial charge in [-0.25, -0.2) is 0 Å². The smallest absolute Gasteiger partial charge is 0.225 e. The number of nitrogens with one attached hydrogen (secondary N) is 1. The second-order valence-corrected chi connectivity index (χ2v) is 5.29. The van der Waals surface area contributed by atoms with Gasteiger partial charge in [0.1, 0.15) is 0 Å². The van der Waals surface area contributed by atoms with E-state index < -0.39 is 0 Å². The van der Waals surface area contributed by atoms with Crippen LogP contribution in [-0.4, -0.2) is 30.4 Å². The van der Waals surface area contributed by atoms with Crippen molar-refractivity contribution >= 4 is 34.8 Å². The second kappa shape index (κ2) is 6.41. The molecule has 1 aliphatic rings. The van der Waals surface area contributed by atoms with Gasteiger partial charge in [0, 0.05) is 18.7 Å². The highest BCUT2D eigenvalue weighted by Crippen LogP contribution is 2.25. The molecular weight excluding hydrogens is 271 g/mol. The maximum Gasteiger partial charge on any atom is 0.225 e. The Labute approximate surface area is 117 Å². The third-order valence-corrected chi connectivity index (χ3v) is 3.80. The molecule has 1 aromatic rings. The molecule has 0 spiro atoms. The Balaban J connectivity index is 1.80. The Bertz CT molecular complexity index is 431. The van der Waals surface area contributed by atoms with Crippen molar-refractivity contribution in [3.8, 4) is 0 Å². The predicted octanol–water partition coefficient (Wildman–Crippen LogP) is 3.42. The summed E-state index contributed by atoms with van der Waals surface area (Å²) >= 11 is 11.7. The molecule has 1 fully saturated rings. The van der Waals surface area contributed by atoms with E-state index in [9.17, 15) is 4.79 Å². The molecule has 0 unspecified atom stereocenters. The lowest BCUT2D eigenvalue weighted by atomic mass is 10.3. The molecule has 2 rings (SSSR count). The van der Waals surface area contributed by atoms with E-state index in [1.165, 1.54) is 12.8 Å². The lowest BCUT2D eigenvalue weighted by molar-refractivity contribution is -0.116. The van der Waals surface area contributed by atoms with Gasteiger partial charge in [0.25, 0.3) is 0 Å². The number of carbonyl (C=O) groups is 1. The Morgan fingerprint density at radius 1 is 1.22 bits per heavy atom. The standard InChI is InChI=1S/C13H16Cl2N2O/c14-11-4-3-10(9-12(11)15)16-13(18)5-8-17-6-1-2-7-17/h3-4,9H,1-2,5-8H2,(H,16,18). The van der Waals surface area contributed by atoms with Crippen LogP contribution in [0, 0.1) is 0 Å². The van der Waals surface area contributed by atoms with Crippen LogP contribution < -0.4 is 5.32 Å². The molecule has 0 aromatic heterocycles. The molecule has 18 heavy (non-hydrogen) atoms. The van der Waals surface area contributed by atoms with Crippen molar-refractivity contribution in [3.63, 3.8) is 0 Å². The molecule has 3 nitrogen and oxygen atoms in total. The normalized spacial score (nSPS) is 15.9. The van der Waals surface area contributed by atoms with E-state index in [0.717, 1.165) is 19.6 Å². The first kappa shape index (κ1) is 13.7. The number of halogens is 2. The minimum atomic E-state index is 0.0142. The summed E-state index contributed by atoms with van der Waals surface area (Å²) in [6, 6.07) is 5.10. The third-order valence-electron chi connectivity index (χ3n) is 3.06. The summed E-state index contributed by atoms with van der Waals surface area (Å²) < 4.78 is 0. The van der Waals surface area contributed by atoms with Gasteiger partial charge >= 0.3 is 0 Å². The maximum atomic E-state index is 11.8. The van der Waals surface area contributed by atoms with Gasteiger partial charge in [0.2, 0.25) is 5.91 Å². The van der Waals surface area contributed by atoms with Crippen LogP contribution in [0.1, 0.15) is 19.3 Å². The van der Waals surface area contributed by atoms with Gasteiger partial charge in [-0.15, -0.1) is 0 Å².